The zero-order valence-electron chi connectivity index (χ0n) is 17.2. The first-order valence-corrected chi connectivity index (χ1v) is 13.5. The van der Waals surface area contributed by atoms with Crippen molar-refractivity contribution in [2.75, 3.05) is 43.7 Å². The van der Waals surface area contributed by atoms with Gasteiger partial charge in [0.25, 0.3) is 20.2 Å². The molecule has 0 amide bonds. The van der Waals surface area contributed by atoms with E-state index in [4.69, 9.17) is 31.6 Å². The molecule has 13 heteroatoms. The molecule has 0 bridgehead atoms. The summed E-state index contributed by atoms with van der Waals surface area (Å²) < 4.78 is 54.4. The predicted molar refractivity (Wildman–Crippen MR) is 126 cm³/mol. The average molecular weight is 525 g/mol. The minimum Gasteiger partial charge on any atom is -0.505 e. The van der Waals surface area contributed by atoms with Crippen LogP contribution in [0.5, 0.6) is 5.75 Å². The highest BCUT2D eigenvalue weighted by atomic mass is 35.5. The van der Waals surface area contributed by atoms with Crippen LogP contribution in [0, 0.1) is 0 Å². The van der Waals surface area contributed by atoms with Crippen molar-refractivity contribution in [2.45, 2.75) is 0 Å². The van der Waals surface area contributed by atoms with E-state index in [1.807, 2.05) is 0 Å². The fourth-order valence-electron chi connectivity index (χ4n) is 2.51. The maximum absolute atomic E-state index is 11.2. The van der Waals surface area contributed by atoms with Crippen LogP contribution < -0.4 is 4.90 Å². The molecule has 2 rings (SSSR count). The van der Waals surface area contributed by atoms with Gasteiger partial charge in [0.1, 0.15) is 0 Å². The Morgan fingerprint density at radius 3 is 1.84 bits per heavy atom. The molecule has 2 aromatic carbocycles. The molecule has 0 aliphatic rings. The second-order valence-electron chi connectivity index (χ2n) is 6.65. The third-order valence-corrected chi connectivity index (χ3v) is 5.71. The summed E-state index contributed by atoms with van der Waals surface area (Å²) in [4.78, 5) is 6.01. The highest BCUT2D eigenvalue weighted by molar-refractivity contribution is 7.86. The number of phenolic OH excluding ortho intramolecular Hbond substituents is 1. The molecule has 2 aromatic rings. The number of hydrogen-bond acceptors (Lipinski definition) is 9. The third kappa shape index (κ3) is 9.31. The molecule has 0 saturated carbocycles. The van der Waals surface area contributed by atoms with Crippen LogP contribution in [0.2, 0.25) is 10.0 Å². The molecule has 0 fully saturated rings. The van der Waals surface area contributed by atoms with Crippen LogP contribution in [-0.4, -0.2) is 67.0 Å². The second-order valence-corrected chi connectivity index (χ2v) is 10.7. The zero-order chi connectivity index (χ0) is 23.9. The molecule has 0 unspecified atom stereocenters. The monoisotopic (exact) mass is 524 g/mol. The lowest BCUT2D eigenvalue weighted by atomic mass is 10.2. The number of rotatable bonds is 11. The molecule has 0 saturated heterocycles. The van der Waals surface area contributed by atoms with Crippen molar-refractivity contribution in [3.63, 3.8) is 0 Å². The largest absolute Gasteiger partial charge is 0.505 e. The van der Waals surface area contributed by atoms with Crippen molar-refractivity contribution in [1.29, 1.82) is 0 Å². The number of nitrogens with zero attached hydrogens (tertiary/aromatic N) is 2. The molecular formula is C19H22Cl2N2O7S2. The predicted octanol–water partition coefficient (Wildman–Crippen LogP) is 3.21. The molecule has 9 nitrogen and oxygen atoms in total. The lowest BCUT2D eigenvalue weighted by molar-refractivity contribution is 0.309. The molecule has 0 aromatic heterocycles. The van der Waals surface area contributed by atoms with E-state index in [1.165, 1.54) is 12.1 Å². The Kier molecular flexibility index (Phi) is 9.31. The van der Waals surface area contributed by atoms with Crippen LogP contribution in [-0.2, 0) is 28.6 Å². The van der Waals surface area contributed by atoms with E-state index in [0.717, 1.165) is 18.1 Å². The maximum Gasteiger partial charge on any atom is 0.264 e. The van der Waals surface area contributed by atoms with Gasteiger partial charge in [-0.05, 0) is 29.8 Å². The Hall–Kier alpha value is -1.89. The average Bonchev–Trinajstić information content (AvgIpc) is 2.68. The molecule has 0 aliphatic heterocycles. The van der Waals surface area contributed by atoms with Gasteiger partial charge in [0.05, 0.1) is 41.5 Å². The van der Waals surface area contributed by atoms with Gasteiger partial charge in [-0.15, -0.1) is 0 Å². The van der Waals surface area contributed by atoms with Gasteiger partial charge in [0, 0.05) is 25.0 Å². The summed E-state index contributed by atoms with van der Waals surface area (Å²) in [5.74, 6) is -0.212. The van der Waals surface area contributed by atoms with Gasteiger partial charge in [-0.25, -0.2) is 0 Å². The van der Waals surface area contributed by atoms with Crippen LogP contribution >= 0.6 is 23.2 Å². The van der Waals surface area contributed by atoms with Gasteiger partial charge in [-0.3, -0.25) is 13.4 Å². The maximum atomic E-state index is 11.2. The first-order chi connectivity index (χ1) is 14.8. The number of hydrogen-bond donors (Lipinski definition) is 1. The molecule has 0 spiro atoms. The summed E-state index contributed by atoms with van der Waals surface area (Å²) in [6.07, 6.45) is 3.48. The number of halogens is 2. The van der Waals surface area contributed by atoms with Crippen molar-refractivity contribution in [3.05, 3.63) is 52.0 Å². The highest BCUT2D eigenvalue weighted by Gasteiger charge is 2.11. The lowest BCUT2D eigenvalue weighted by Crippen LogP contribution is -2.32. The molecule has 0 heterocycles. The smallest absolute Gasteiger partial charge is 0.264 e. The molecule has 0 radical (unpaired) electrons. The van der Waals surface area contributed by atoms with Crippen LogP contribution in [0.1, 0.15) is 5.56 Å². The van der Waals surface area contributed by atoms with Crippen LogP contribution in [0.15, 0.2) is 41.4 Å². The third-order valence-electron chi connectivity index (χ3n) is 3.94. The summed E-state index contributed by atoms with van der Waals surface area (Å²) in [7, 11) is -7.20. The van der Waals surface area contributed by atoms with E-state index in [2.05, 4.69) is 4.99 Å². The van der Waals surface area contributed by atoms with Crippen LogP contribution in [0.3, 0.4) is 0 Å². The fourth-order valence-corrected chi connectivity index (χ4v) is 3.74. The second kappa shape index (κ2) is 11.3. The Labute approximate surface area is 197 Å². The highest BCUT2D eigenvalue weighted by Crippen LogP contribution is 2.35. The number of aromatic hydroxyl groups is 1. The van der Waals surface area contributed by atoms with E-state index in [0.29, 0.717) is 11.4 Å². The summed E-state index contributed by atoms with van der Waals surface area (Å²) in [5, 5.41) is 9.78. The molecule has 0 atom stereocenters. The van der Waals surface area contributed by atoms with Gasteiger partial charge >= 0.3 is 0 Å². The van der Waals surface area contributed by atoms with Gasteiger partial charge < -0.3 is 10.0 Å². The van der Waals surface area contributed by atoms with Gasteiger partial charge in [-0.1, -0.05) is 35.3 Å². The quantitative estimate of drug-likeness (QED) is 0.351. The molecular weight excluding hydrogens is 503 g/mol. The molecule has 176 valence electrons. The fraction of sp³-hybridized carbons (Fsp3) is 0.316. The van der Waals surface area contributed by atoms with E-state index >= 15 is 0 Å². The van der Waals surface area contributed by atoms with Crippen molar-refractivity contribution in [1.82, 2.24) is 0 Å². The topological polar surface area (TPSA) is 123 Å². The van der Waals surface area contributed by atoms with Crippen molar-refractivity contribution >= 4 is 61.0 Å². The molecule has 1 N–H and O–H groups in total. The SMILES string of the molecule is CS(=O)(=O)OCCN(CCOS(C)(=O)=O)c1ccc(C=Nc2cc(Cl)c(O)c(Cl)c2)cc1. The standard InChI is InChI=1S/C19H22Cl2N2O7S2/c1-31(25,26)29-9-7-23(8-10-30-32(2,27)28)16-5-3-14(4-6-16)13-22-15-11-17(20)19(24)18(21)12-15/h3-6,11-13,24H,7-10H2,1-2H3. The number of benzene rings is 2. The van der Waals surface area contributed by atoms with Gasteiger partial charge in [0.15, 0.2) is 5.75 Å². The summed E-state index contributed by atoms with van der Waals surface area (Å²) in [5.41, 5.74) is 1.90. The normalized spacial score (nSPS) is 12.4. The first-order valence-electron chi connectivity index (χ1n) is 9.10. The van der Waals surface area contributed by atoms with Gasteiger partial charge in [-0.2, -0.15) is 16.8 Å². The van der Waals surface area contributed by atoms with Crippen LogP contribution in [0.4, 0.5) is 11.4 Å². The number of phenols is 1. The summed E-state index contributed by atoms with van der Waals surface area (Å²) in [6, 6.07) is 10.0. The Balaban J connectivity index is 2.12. The minimum atomic E-state index is -3.60. The summed E-state index contributed by atoms with van der Waals surface area (Å²) in [6.45, 7) is 0.169. The Bertz CT molecular complexity index is 1110. The number of anilines is 1. The number of aliphatic imine (C=N–C) groups is 1. The van der Waals surface area contributed by atoms with Gasteiger partial charge in [0.2, 0.25) is 0 Å². The van der Waals surface area contributed by atoms with Crippen molar-refractivity contribution < 1.29 is 30.3 Å². The lowest BCUT2D eigenvalue weighted by Gasteiger charge is -2.24. The molecule has 32 heavy (non-hydrogen) atoms. The first kappa shape index (κ1) is 26.4. The zero-order valence-corrected chi connectivity index (χ0v) is 20.4. The van der Waals surface area contributed by atoms with Crippen LogP contribution in [0.25, 0.3) is 0 Å². The molecule has 0 aliphatic carbocycles. The minimum absolute atomic E-state index is 0.0864. The van der Waals surface area contributed by atoms with E-state index in [1.54, 1.807) is 35.4 Å². The summed E-state index contributed by atoms with van der Waals surface area (Å²) >= 11 is 11.8. The Morgan fingerprint density at radius 2 is 1.41 bits per heavy atom. The van der Waals surface area contributed by atoms with E-state index in [9.17, 15) is 21.9 Å². The van der Waals surface area contributed by atoms with E-state index < -0.39 is 20.2 Å². The van der Waals surface area contributed by atoms with E-state index in [-0.39, 0.29) is 42.1 Å². The Morgan fingerprint density at radius 1 is 0.938 bits per heavy atom. The van der Waals surface area contributed by atoms with Crippen molar-refractivity contribution in [3.8, 4) is 5.75 Å². The van der Waals surface area contributed by atoms with Crippen molar-refractivity contribution in [2.24, 2.45) is 4.99 Å².